The molecule has 0 aliphatic rings. The minimum Gasteiger partial charge on any atom is -0.462 e. The molecule has 0 aliphatic heterocycles. The van der Waals surface area contributed by atoms with Gasteiger partial charge in [-0.25, -0.2) is 0 Å². The molecule has 0 atom stereocenters. The van der Waals surface area contributed by atoms with Crippen molar-refractivity contribution >= 4 is 206 Å². The van der Waals surface area contributed by atoms with Crippen LogP contribution >= 0.6 is 34.0 Å². The molecule has 130 heavy (non-hydrogen) atoms. The number of hydrogen-bond acceptors (Lipinski definition) is 6. The molecule has 0 saturated carbocycles. The van der Waals surface area contributed by atoms with Crippen molar-refractivity contribution in [2.24, 2.45) is 0 Å². The van der Waals surface area contributed by atoms with Gasteiger partial charge in [-0.15, -0.1) is 34.0 Å². The maximum Gasteiger partial charge on any atom is 0.215 e. The summed E-state index contributed by atoms with van der Waals surface area (Å²) in [5.41, 5.74) is 39.7. The highest BCUT2D eigenvalue weighted by Crippen LogP contribution is 2.51. The Balaban J connectivity index is 0.0000000936. The fourth-order valence-electron chi connectivity index (χ4n) is 19.9. The van der Waals surface area contributed by atoms with Crippen LogP contribution in [0.15, 0.2) is 376 Å². The van der Waals surface area contributed by atoms with Crippen LogP contribution in [-0.2, 0) is 0 Å². The molecular formula is C116H84N8O3S3. The molecule has 0 aliphatic carbocycles. The first-order valence-corrected chi connectivity index (χ1v) is 46.7. The van der Waals surface area contributed by atoms with Gasteiger partial charge < -0.3 is 45.2 Å². The number of fused-ring (bicyclic) bond motifs is 26. The first-order valence-electron chi connectivity index (χ1n) is 44.1. The zero-order valence-electron chi connectivity index (χ0n) is 72.7. The quantitative estimate of drug-likeness (QED) is 0.152. The second-order valence-corrected chi connectivity index (χ2v) is 37.5. The summed E-state index contributed by atoms with van der Waals surface area (Å²) in [6, 6.07) is 123. The van der Waals surface area contributed by atoms with E-state index in [-0.39, 0.29) is 0 Å². The first-order chi connectivity index (χ1) is 63.8. The first kappa shape index (κ1) is 76.8. The van der Waals surface area contributed by atoms with Gasteiger partial charge in [-0.3, -0.25) is 4.57 Å². The second kappa shape index (κ2) is 30.0. The average Bonchev–Trinajstić information content (AvgIpc) is 1.53. The van der Waals surface area contributed by atoms with Crippen LogP contribution < -0.4 is 0 Å². The van der Waals surface area contributed by atoms with Crippen molar-refractivity contribution in [3.63, 3.8) is 0 Å². The smallest absolute Gasteiger partial charge is 0.215 e. The number of hydrogen-bond donors (Lipinski definition) is 0. The van der Waals surface area contributed by atoms with Gasteiger partial charge in [0, 0.05) is 106 Å². The highest BCUT2D eigenvalue weighted by atomic mass is 32.1. The summed E-state index contributed by atoms with van der Waals surface area (Å²) in [4.78, 5) is 1.30. The van der Waals surface area contributed by atoms with Crippen molar-refractivity contribution in [3.8, 4) is 45.5 Å². The van der Waals surface area contributed by atoms with Gasteiger partial charge in [0.1, 0.15) is 10.3 Å². The number of rotatable bonds is 8. The normalized spacial score (nSPS) is 12.0. The fraction of sp³-hybridized carbons (Fsp3) is 0.0690. The van der Waals surface area contributed by atoms with Crippen LogP contribution in [0.4, 0.5) is 0 Å². The predicted octanol–water partition coefficient (Wildman–Crippen LogP) is 33.0. The van der Waals surface area contributed by atoms with E-state index in [4.69, 9.17) is 13.3 Å². The van der Waals surface area contributed by atoms with Gasteiger partial charge in [0.25, 0.3) is 0 Å². The van der Waals surface area contributed by atoms with Crippen molar-refractivity contribution in [3.05, 3.63) is 408 Å². The van der Waals surface area contributed by atoms with Gasteiger partial charge in [-0.1, -0.05) is 208 Å². The van der Waals surface area contributed by atoms with E-state index in [1.54, 1.807) is 12.5 Å². The highest BCUT2D eigenvalue weighted by molar-refractivity contribution is 7.26. The van der Waals surface area contributed by atoms with E-state index in [0.717, 1.165) is 105 Å². The number of aromatic nitrogens is 8. The lowest BCUT2D eigenvalue weighted by Crippen LogP contribution is -1.94. The molecule has 0 fully saturated rings. The number of nitrogens with zero attached hydrogens (tertiary/aromatic N) is 8. The van der Waals surface area contributed by atoms with Crippen molar-refractivity contribution in [2.45, 2.75) is 55.4 Å². The summed E-state index contributed by atoms with van der Waals surface area (Å²) >= 11 is 5.56. The maximum atomic E-state index is 6.73. The predicted molar refractivity (Wildman–Crippen MR) is 549 cm³/mol. The van der Waals surface area contributed by atoms with Crippen molar-refractivity contribution in [2.75, 3.05) is 0 Å². The molecule has 0 saturated heterocycles. The lowest BCUT2D eigenvalue weighted by Gasteiger charge is -2.09. The monoisotopic (exact) mass is 1730 g/mol. The van der Waals surface area contributed by atoms with Crippen LogP contribution in [0.25, 0.3) is 218 Å². The Morgan fingerprint density at radius 3 is 0.915 bits per heavy atom. The number of furan rings is 3. The van der Waals surface area contributed by atoms with Crippen molar-refractivity contribution in [1.82, 2.24) is 36.5 Å². The zero-order valence-corrected chi connectivity index (χ0v) is 75.1. The topological polar surface area (TPSA) is 78.9 Å². The Hall–Kier alpha value is -15.6. The number of aryl methyl sites for hydroxylation is 8. The third kappa shape index (κ3) is 12.0. The molecule has 0 amide bonds. The number of para-hydroxylation sites is 4. The van der Waals surface area contributed by atoms with Crippen LogP contribution in [0, 0.1) is 55.4 Å². The van der Waals surface area contributed by atoms with Crippen molar-refractivity contribution in [1.29, 1.82) is 0 Å². The van der Waals surface area contributed by atoms with Crippen LogP contribution in [-0.4, -0.2) is 36.5 Å². The third-order valence-electron chi connectivity index (χ3n) is 26.2. The van der Waals surface area contributed by atoms with Gasteiger partial charge in [-0.2, -0.15) is 0 Å². The minimum absolute atomic E-state index is 0.886. The summed E-state index contributed by atoms with van der Waals surface area (Å²) in [7, 11) is 0. The molecule has 28 aromatic rings. The highest BCUT2D eigenvalue weighted by Gasteiger charge is 2.29. The Bertz CT molecular complexity index is 8530. The van der Waals surface area contributed by atoms with E-state index < -0.39 is 0 Å². The SMILES string of the molecule is Cc1ccc(-n2c3cc4c5occc5n(-c5ccc(C)cc5)c4cc3c3occc32)cc1.Cc1ccc(-n2c3cc4c5sccc5n(-c5ccc(C)cc5)c4cc3c3sccc32)cc1.Cc1ccc(-n2c3ccccc3c3c2oc2c4ccccc4n(-c4ccc(C)cc4)c23)cc1.Cc1ccc(-n2c3ccccc3c3c2sc2c4ccccc4n(-c4ccc(C)cc4)c23)cc1. The fourth-order valence-corrected chi connectivity index (χ4v) is 23.1. The van der Waals surface area contributed by atoms with E-state index in [1.807, 2.05) is 46.1 Å². The molecule has 0 spiro atoms. The number of thiophene rings is 3. The van der Waals surface area contributed by atoms with E-state index in [1.165, 1.54) is 157 Å². The average molecular weight is 1730 g/mol. The van der Waals surface area contributed by atoms with E-state index in [0.29, 0.717) is 0 Å². The van der Waals surface area contributed by atoms with Crippen LogP contribution in [0.3, 0.4) is 0 Å². The standard InChI is InChI=1S/C30H22N2O.C30H22N2S.C28H20N2O2.C28H20N2S2/c2*1-19-11-15-21(16-12-19)31-26-10-6-4-8-24(26)29-28(31)27-23-7-3-5-9-25(23)32(30(27)33-29)22-17-13-20(2)14-18-22;2*1-17-3-7-19(8-4-17)29-23-11-13-31-27(23)21-16-26-22(15-25(21)29)28-24(12-14-32-28)30(26)20-9-5-18(2)6-10-20/h2*3-18H,1-2H3;2*3-16H,1-2H3. The summed E-state index contributed by atoms with van der Waals surface area (Å²) in [5, 5.41) is 16.7. The van der Waals surface area contributed by atoms with Crippen molar-refractivity contribution < 1.29 is 13.3 Å². The summed E-state index contributed by atoms with van der Waals surface area (Å²) < 4.78 is 41.6. The lowest BCUT2D eigenvalue weighted by atomic mass is 10.1. The number of benzene rings is 14. The van der Waals surface area contributed by atoms with E-state index in [2.05, 4.69) is 430 Å². The van der Waals surface area contributed by atoms with Gasteiger partial charge in [0.05, 0.1) is 104 Å². The molecule has 14 aromatic carbocycles. The maximum absolute atomic E-state index is 6.73. The van der Waals surface area contributed by atoms with Gasteiger partial charge in [0.2, 0.25) is 5.71 Å². The molecule has 624 valence electrons. The van der Waals surface area contributed by atoms with Crippen LogP contribution in [0.1, 0.15) is 44.5 Å². The molecule has 14 aromatic heterocycles. The van der Waals surface area contributed by atoms with Gasteiger partial charge in [0.15, 0.2) is 16.7 Å². The Morgan fingerprint density at radius 2 is 0.508 bits per heavy atom. The molecule has 0 radical (unpaired) electrons. The largest absolute Gasteiger partial charge is 0.462 e. The summed E-state index contributed by atoms with van der Waals surface area (Å²) in [6.45, 7) is 17.0. The molecule has 0 bridgehead atoms. The zero-order chi connectivity index (χ0) is 87.0. The Morgan fingerprint density at radius 1 is 0.208 bits per heavy atom. The molecule has 0 N–H and O–H groups in total. The molecule has 0 unspecified atom stereocenters. The van der Waals surface area contributed by atoms with Crippen LogP contribution in [0.5, 0.6) is 0 Å². The summed E-state index contributed by atoms with van der Waals surface area (Å²) in [6.07, 6.45) is 3.54. The molecule has 14 heteroatoms. The molecular weight excluding hydrogens is 1650 g/mol. The lowest BCUT2D eigenvalue weighted by molar-refractivity contribution is 0.619. The van der Waals surface area contributed by atoms with Crippen LogP contribution in [0.2, 0.25) is 0 Å². The molecule has 14 heterocycles. The Kier molecular flexibility index (Phi) is 17.8. The van der Waals surface area contributed by atoms with Gasteiger partial charge >= 0.3 is 0 Å². The van der Waals surface area contributed by atoms with E-state index >= 15 is 0 Å². The summed E-state index contributed by atoms with van der Waals surface area (Å²) in [5.74, 6) is 0. The molecule has 11 nitrogen and oxygen atoms in total. The van der Waals surface area contributed by atoms with E-state index in [9.17, 15) is 0 Å². The minimum atomic E-state index is 0.886. The molecule has 28 rings (SSSR count). The third-order valence-corrected chi connectivity index (χ3v) is 29.3. The van der Waals surface area contributed by atoms with Gasteiger partial charge in [-0.05, 0) is 230 Å². The Labute approximate surface area is 759 Å². The second-order valence-electron chi connectivity index (χ2n) is 34.7.